The Morgan fingerprint density at radius 1 is 1.30 bits per heavy atom. The molecule has 1 fully saturated rings. The van der Waals surface area contributed by atoms with Gasteiger partial charge in [-0.2, -0.15) is 5.26 Å². The first-order chi connectivity index (χ1) is 11.1. The van der Waals surface area contributed by atoms with Crippen LogP contribution in [0, 0.1) is 11.3 Å². The Bertz CT molecular complexity index is 616. The number of likely N-dealkylation sites (N-methyl/N-ethyl adjacent to an activating group) is 1. The number of hydrogen-bond acceptors (Lipinski definition) is 6. The van der Waals surface area contributed by atoms with E-state index in [1.807, 2.05) is 0 Å². The van der Waals surface area contributed by atoms with E-state index in [1.54, 1.807) is 6.92 Å². The smallest absolute Gasteiger partial charge is 0.146 e. The average Bonchev–Trinajstić information content (AvgIpc) is 3.05. The molecule has 0 saturated carbocycles. The highest BCUT2D eigenvalue weighted by Crippen LogP contribution is 2.34. The van der Waals surface area contributed by atoms with E-state index in [9.17, 15) is 10.4 Å². The van der Waals surface area contributed by atoms with Crippen LogP contribution in [0.5, 0.6) is 0 Å². The zero-order valence-corrected chi connectivity index (χ0v) is 14.0. The fraction of sp³-hybridized carbons (Fsp3) is 0.647. The molecule has 0 amide bonds. The first kappa shape index (κ1) is 16.0. The van der Waals surface area contributed by atoms with Crippen LogP contribution in [0.3, 0.4) is 0 Å². The van der Waals surface area contributed by atoms with Crippen LogP contribution in [0.4, 0.5) is 11.6 Å². The molecule has 6 nitrogen and oxygen atoms in total. The number of rotatable bonds is 4. The summed E-state index contributed by atoms with van der Waals surface area (Å²) in [7, 11) is 2.11. The lowest BCUT2D eigenvalue weighted by molar-refractivity contribution is 0.208. The number of nitrogens with zero attached hydrogens (tertiary/aromatic N) is 4. The lowest BCUT2D eigenvalue weighted by Gasteiger charge is -2.31. The third-order valence-corrected chi connectivity index (χ3v) is 4.64. The van der Waals surface area contributed by atoms with Crippen molar-refractivity contribution in [3.05, 3.63) is 16.7 Å². The van der Waals surface area contributed by atoms with Crippen molar-refractivity contribution < 1.29 is 5.11 Å². The average molecular weight is 315 g/mol. The predicted molar refractivity (Wildman–Crippen MR) is 90.6 cm³/mol. The highest BCUT2D eigenvalue weighted by molar-refractivity contribution is 5.67. The van der Waals surface area contributed by atoms with Gasteiger partial charge in [0.2, 0.25) is 0 Å². The van der Waals surface area contributed by atoms with Crippen molar-refractivity contribution in [3.63, 3.8) is 0 Å². The van der Waals surface area contributed by atoms with Crippen molar-refractivity contribution in [3.8, 4) is 6.07 Å². The first-order valence-electron chi connectivity index (χ1n) is 8.41. The predicted octanol–water partition coefficient (Wildman–Crippen LogP) is 1.33. The normalized spacial score (nSPS) is 19.3. The van der Waals surface area contributed by atoms with Crippen LogP contribution in [-0.4, -0.2) is 54.3 Å². The molecule has 6 heteroatoms. The van der Waals surface area contributed by atoms with Gasteiger partial charge in [-0.25, -0.2) is 4.98 Å². The Balaban J connectivity index is 2.06. The molecule has 0 spiro atoms. The lowest BCUT2D eigenvalue weighted by Crippen LogP contribution is -2.32. The highest BCUT2D eigenvalue weighted by atomic mass is 16.3. The molecule has 1 atom stereocenters. The Morgan fingerprint density at radius 2 is 2.04 bits per heavy atom. The molecule has 0 aromatic carbocycles. The van der Waals surface area contributed by atoms with Gasteiger partial charge in [0, 0.05) is 38.3 Å². The van der Waals surface area contributed by atoms with Crippen LogP contribution in [0.1, 0.15) is 36.5 Å². The van der Waals surface area contributed by atoms with E-state index in [2.05, 4.69) is 28.2 Å². The molecule has 3 heterocycles. The summed E-state index contributed by atoms with van der Waals surface area (Å²) in [6.45, 7) is 6.00. The van der Waals surface area contributed by atoms with Crippen LogP contribution in [0.2, 0.25) is 0 Å². The maximum Gasteiger partial charge on any atom is 0.146 e. The minimum atomic E-state index is -0.472. The lowest BCUT2D eigenvalue weighted by atomic mass is 9.95. The van der Waals surface area contributed by atoms with E-state index in [0.29, 0.717) is 17.9 Å². The quantitative estimate of drug-likeness (QED) is 0.873. The third-order valence-electron chi connectivity index (χ3n) is 4.64. The molecule has 1 aromatic heterocycles. The number of fused-ring (bicyclic) bond motifs is 1. The Hall–Kier alpha value is -1.84. The van der Waals surface area contributed by atoms with E-state index in [1.165, 1.54) is 18.4 Å². The molecule has 1 aromatic rings. The number of aliphatic hydroxyl groups is 1. The van der Waals surface area contributed by atoms with Gasteiger partial charge in [0.25, 0.3) is 0 Å². The fourth-order valence-corrected chi connectivity index (χ4v) is 3.43. The Kier molecular flexibility index (Phi) is 4.69. The summed E-state index contributed by atoms with van der Waals surface area (Å²) in [6.07, 6.45) is 2.80. The van der Waals surface area contributed by atoms with Crippen molar-refractivity contribution >= 4 is 11.6 Å². The molecule has 0 bridgehead atoms. The highest BCUT2D eigenvalue weighted by Gasteiger charge is 2.27. The van der Waals surface area contributed by atoms with Crippen LogP contribution in [-0.2, 0) is 13.0 Å². The Morgan fingerprint density at radius 3 is 2.70 bits per heavy atom. The summed E-state index contributed by atoms with van der Waals surface area (Å²) in [5.41, 5.74) is 2.99. The van der Waals surface area contributed by atoms with Gasteiger partial charge in [-0.15, -0.1) is 0 Å². The summed E-state index contributed by atoms with van der Waals surface area (Å²) in [5.74, 6) is 1.65. The maximum atomic E-state index is 9.64. The molecule has 1 unspecified atom stereocenters. The third kappa shape index (κ3) is 3.26. The number of aromatic nitrogens is 1. The van der Waals surface area contributed by atoms with E-state index in [4.69, 9.17) is 4.98 Å². The molecule has 2 aliphatic rings. The van der Waals surface area contributed by atoms with E-state index in [0.717, 1.165) is 44.0 Å². The molecule has 1 saturated heterocycles. The molecule has 124 valence electrons. The van der Waals surface area contributed by atoms with Gasteiger partial charge in [-0.1, -0.05) is 0 Å². The summed E-state index contributed by atoms with van der Waals surface area (Å²) in [5, 5.41) is 22.3. The van der Waals surface area contributed by atoms with Crippen LogP contribution in [0.15, 0.2) is 0 Å². The van der Waals surface area contributed by atoms with Crippen LogP contribution >= 0.6 is 0 Å². The van der Waals surface area contributed by atoms with Crippen molar-refractivity contribution in [2.24, 2.45) is 0 Å². The van der Waals surface area contributed by atoms with Gasteiger partial charge in [0.1, 0.15) is 17.7 Å². The standard InChI is InChI=1S/C17H25N5O/c1-12(23)10-19-16-14(9-18)13-5-8-21(2)11-15(13)17(20-16)22-6-3-4-7-22/h12,23H,3-8,10-11H2,1-2H3,(H,19,20). The zero-order chi connectivity index (χ0) is 16.4. The number of anilines is 2. The van der Waals surface area contributed by atoms with Gasteiger partial charge >= 0.3 is 0 Å². The molecule has 2 aliphatic heterocycles. The van der Waals surface area contributed by atoms with Gasteiger partial charge in [0.05, 0.1) is 11.7 Å². The van der Waals surface area contributed by atoms with Crippen molar-refractivity contribution in [2.75, 3.05) is 43.4 Å². The molecule has 2 N–H and O–H groups in total. The second kappa shape index (κ2) is 6.73. The van der Waals surface area contributed by atoms with Crippen molar-refractivity contribution in [2.45, 2.75) is 38.8 Å². The topological polar surface area (TPSA) is 75.4 Å². The summed E-state index contributed by atoms with van der Waals surface area (Å²) in [6, 6.07) is 2.34. The molecule has 3 rings (SSSR count). The monoisotopic (exact) mass is 315 g/mol. The Labute approximate surface area is 137 Å². The van der Waals surface area contributed by atoms with E-state index >= 15 is 0 Å². The van der Waals surface area contributed by atoms with Gasteiger partial charge in [-0.05, 0) is 38.8 Å². The molecular formula is C17H25N5O. The van der Waals surface area contributed by atoms with E-state index < -0.39 is 6.10 Å². The summed E-state index contributed by atoms with van der Waals surface area (Å²) >= 11 is 0. The number of pyridine rings is 1. The second-order valence-corrected chi connectivity index (χ2v) is 6.64. The van der Waals surface area contributed by atoms with Gasteiger partial charge in [-0.3, -0.25) is 0 Å². The minimum absolute atomic E-state index is 0.403. The fourth-order valence-electron chi connectivity index (χ4n) is 3.43. The van der Waals surface area contributed by atoms with Gasteiger partial charge in [0.15, 0.2) is 0 Å². The van der Waals surface area contributed by atoms with Crippen LogP contribution in [0.25, 0.3) is 0 Å². The summed E-state index contributed by atoms with van der Waals surface area (Å²) in [4.78, 5) is 9.43. The number of aliphatic hydroxyl groups excluding tert-OH is 1. The molecule has 0 radical (unpaired) electrons. The first-order valence-corrected chi connectivity index (χ1v) is 8.41. The molecular weight excluding hydrogens is 290 g/mol. The molecule has 0 aliphatic carbocycles. The number of hydrogen-bond donors (Lipinski definition) is 2. The zero-order valence-electron chi connectivity index (χ0n) is 14.0. The summed E-state index contributed by atoms with van der Waals surface area (Å²) < 4.78 is 0. The maximum absolute atomic E-state index is 9.64. The second-order valence-electron chi connectivity index (χ2n) is 6.64. The van der Waals surface area contributed by atoms with Crippen molar-refractivity contribution in [1.29, 1.82) is 5.26 Å². The van der Waals surface area contributed by atoms with Crippen molar-refractivity contribution in [1.82, 2.24) is 9.88 Å². The minimum Gasteiger partial charge on any atom is -0.392 e. The SMILES string of the molecule is CC(O)CNc1nc(N2CCCC2)c2c(c1C#N)CCN(C)C2. The van der Waals surface area contributed by atoms with E-state index in [-0.39, 0.29) is 0 Å². The van der Waals surface area contributed by atoms with Crippen LogP contribution < -0.4 is 10.2 Å². The number of nitrogens with one attached hydrogen (secondary N) is 1. The largest absolute Gasteiger partial charge is 0.392 e. The molecule has 23 heavy (non-hydrogen) atoms. The van der Waals surface area contributed by atoms with Gasteiger partial charge < -0.3 is 20.2 Å². The number of nitriles is 1.